The van der Waals surface area contributed by atoms with Crippen molar-refractivity contribution < 1.29 is 0 Å². The number of nitrogens with one attached hydrogen (secondary N) is 2. The van der Waals surface area contributed by atoms with E-state index < -0.39 is 0 Å². The number of rotatable bonds is 7. The summed E-state index contributed by atoms with van der Waals surface area (Å²) in [6.45, 7) is 13.5. The van der Waals surface area contributed by atoms with Crippen LogP contribution in [0.2, 0.25) is 0 Å². The molecule has 2 N–H and O–H groups in total. The molecule has 0 aliphatic carbocycles. The largest absolute Gasteiger partial charge is 0.352 e. The second-order valence-electron chi connectivity index (χ2n) is 7.67. The molecule has 6 nitrogen and oxygen atoms in total. The molecule has 0 amide bonds. The molecule has 33 heavy (non-hydrogen) atoms. The van der Waals surface area contributed by atoms with Gasteiger partial charge >= 0.3 is 0 Å². The van der Waals surface area contributed by atoms with Crippen LogP contribution in [0.25, 0.3) is 11.1 Å². The van der Waals surface area contributed by atoms with Crippen LogP contribution in [0.1, 0.15) is 37.6 Å². The van der Waals surface area contributed by atoms with Gasteiger partial charge in [-0.1, -0.05) is 75.1 Å². The molecule has 1 aliphatic rings. The van der Waals surface area contributed by atoms with Crippen molar-refractivity contribution in [1.82, 2.24) is 19.9 Å². The van der Waals surface area contributed by atoms with Gasteiger partial charge in [0.15, 0.2) is 5.82 Å². The van der Waals surface area contributed by atoms with Crippen LogP contribution in [0.15, 0.2) is 72.2 Å². The predicted octanol–water partition coefficient (Wildman–Crippen LogP) is 4.39. The van der Waals surface area contributed by atoms with Crippen LogP contribution in [0.5, 0.6) is 0 Å². The first kappa shape index (κ1) is 24.3. The molecule has 4 rings (SSSR count). The van der Waals surface area contributed by atoms with Crippen LogP contribution in [-0.4, -0.2) is 40.8 Å². The van der Waals surface area contributed by atoms with Crippen molar-refractivity contribution >= 4 is 16.9 Å². The van der Waals surface area contributed by atoms with Gasteiger partial charge in [-0.05, 0) is 30.9 Å². The number of H-pyrrole nitrogens is 1. The van der Waals surface area contributed by atoms with E-state index in [1.807, 2.05) is 63.4 Å². The Morgan fingerprint density at radius 2 is 1.88 bits per heavy atom. The van der Waals surface area contributed by atoms with Gasteiger partial charge in [-0.15, -0.1) is 5.10 Å². The highest BCUT2D eigenvalue weighted by molar-refractivity contribution is 5.90. The monoisotopic (exact) mass is 445 g/mol. The Kier molecular flexibility index (Phi) is 8.84. The third-order valence-corrected chi connectivity index (χ3v) is 5.58. The number of hydrogen-bond acceptors (Lipinski definition) is 4. The first-order chi connectivity index (χ1) is 16.2. The molecule has 3 heterocycles. The number of benzene rings is 1. The van der Waals surface area contributed by atoms with Gasteiger partial charge in [-0.3, -0.25) is 4.79 Å². The molecule has 0 radical (unpaired) electrons. The maximum Gasteiger partial charge on any atom is 0.274 e. The van der Waals surface area contributed by atoms with Gasteiger partial charge < -0.3 is 15.2 Å². The molecular weight excluding hydrogens is 410 g/mol. The first-order valence-corrected chi connectivity index (χ1v) is 11.8. The highest BCUT2D eigenvalue weighted by Gasteiger charge is 2.24. The quantitative estimate of drug-likeness (QED) is 0.530. The van der Waals surface area contributed by atoms with Gasteiger partial charge in [0.2, 0.25) is 0 Å². The lowest BCUT2D eigenvalue weighted by Gasteiger charge is -2.28. The molecule has 1 aromatic carbocycles. The van der Waals surface area contributed by atoms with E-state index >= 15 is 0 Å². The average molecular weight is 446 g/mol. The lowest BCUT2D eigenvalue weighted by Crippen LogP contribution is -2.44. The van der Waals surface area contributed by atoms with Crippen LogP contribution in [-0.2, 0) is 12.8 Å². The van der Waals surface area contributed by atoms with Crippen molar-refractivity contribution in [2.75, 3.05) is 31.1 Å². The number of piperazine rings is 1. The predicted molar refractivity (Wildman–Crippen MR) is 139 cm³/mol. The maximum absolute atomic E-state index is 13.2. The third-order valence-electron chi connectivity index (χ3n) is 5.58. The normalized spacial score (nSPS) is 14.4. The Bertz CT molecular complexity index is 1160. The van der Waals surface area contributed by atoms with Gasteiger partial charge in [-0.2, -0.15) is 0 Å². The molecule has 1 aliphatic heterocycles. The lowest BCUT2D eigenvalue weighted by atomic mass is 10.1. The van der Waals surface area contributed by atoms with E-state index in [0.717, 1.165) is 61.7 Å². The summed E-state index contributed by atoms with van der Waals surface area (Å²) in [5.74, 6) is 0.836. The van der Waals surface area contributed by atoms with Crippen LogP contribution in [0, 0.1) is 0 Å². The Morgan fingerprint density at radius 3 is 2.55 bits per heavy atom. The summed E-state index contributed by atoms with van der Waals surface area (Å²) in [5, 5.41) is 8.25. The van der Waals surface area contributed by atoms with Crippen molar-refractivity contribution in [3.8, 4) is 0 Å². The van der Waals surface area contributed by atoms with E-state index in [-0.39, 0.29) is 5.56 Å². The Balaban J connectivity index is 0.00000149. The van der Waals surface area contributed by atoms with Crippen molar-refractivity contribution in [2.24, 2.45) is 0 Å². The molecule has 6 heteroatoms. The van der Waals surface area contributed by atoms with E-state index in [2.05, 4.69) is 33.9 Å². The molecule has 3 aromatic rings. The average Bonchev–Trinajstić information content (AvgIpc) is 3.26. The van der Waals surface area contributed by atoms with E-state index in [1.54, 1.807) is 10.6 Å². The van der Waals surface area contributed by atoms with Crippen molar-refractivity contribution in [3.63, 3.8) is 0 Å². The summed E-state index contributed by atoms with van der Waals surface area (Å²) in [6.07, 6.45) is 11.3. The summed E-state index contributed by atoms with van der Waals surface area (Å²) in [4.78, 5) is 18.5. The zero-order chi connectivity index (χ0) is 23.6. The number of fused-ring (bicyclic) bond motifs is 1. The topological polar surface area (TPSA) is 65.4 Å². The zero-order valence-corrected chi connectivity index (χ0v) is 20.0. The van der Waals surface area contributed by atoms with Gasteiger partial charge in [0.05, 0.1) is 5.56 Å². The summed E-state index contributed by atoms with van der Waals surface area (Å²) in [5.41, 5.74) is 4.29. The standard InChI is InChI=1S/C25H29N5O.C2H6/c1-3-5-11-20(4-2)22-23-25(31)27-21(13-12-19-9-7-6-8-10-19)18-30(23)28-24(22)29-16-14-26-15-17-29;1-2/h3-11,18,26H,2,12-17H2,1H3,(H,27,31);1-2H3/b5-3-,20-11+;. The van der Waals surface area contributed by atoms with E-state index in [0.29, 0.717) is 5.52 Å². The van der Waals surface area contributed by atoms with E-state index in [4.69, 9.17) is 5.10 Å². The minimum absolute atomic E-state index is 0.123. The number of allylic oxidation sites excluding steroid dienone is 5. The number of anilines is 1. The smallest absolute Gasteiger partial charge is 0.274 e. The molecule has 174 valence electrons. The number of hydrogen-bond donors (Lipinski definition) is 2. The number of nitrogens with zero attached hydrogens (tertiary/aromatic N) is 3. The van der Waals surface area contributed by atoms with Crippen LogP contribution in [0.4, 0.5) is 5.82 Å². The third kappa shape index (κ3) is 5.71. The van der Waals surface area contributed by atoms with Crippen LogP contribution in [0.3, 0.4) is 0 Å². The van der Waals surface area contributed by atoms with E-state index in [9.17, 15) is 4.79 Å². The van der Waals surface area contributed by atoms with Crippen LogP contribution < -0.4 is 15.8 Å². The van der Waals surface area contributed by atoms with E-state index in [1.165, 1.54) is 5.56 Å². The fraction of sp³-hybridized carbons (Fsp3) is 0.333. The molecule has 0 spiro atoms. The minimum Gasteiger partial charge on any atom is -0.352 e. The number of aromatic nitrogens is 3. The molecule has 0 atom stereocenters. The Morgan fingerprint density at radius 1 is 1.15 bits per heavy atom. The van der Waals surface area contributed by atoms with Gasteiger partial charge in [0, 0.05) is 38.1 Å². The number of aryl methyl sites for hydroxylation is 2. The van der Waals surface area contributed by atoms with Crippen molar-refractivity contribution in [2.45, 2.75) is 33.6 Å². The molecule has 0 unspecified atom stereocenters. The molecule has 2 aromatic heterocycles. The summed E-state index contributed by atoms with van der Waals surface area (Å²) in [7, 11) is 0. The molecule has 1 saturated heterocycles. The highest BCUT2D eigenvalue weighted by atomic mass is 16.1. The van der Waals surface area contributed by atoms with Crippen molar-refractivity contribution in [3.05, 3.63) is 94.6 Å². The SMILES string of the molecule is C=C/C(=C\C=C/C)c1c(N2CCNCC2)nn2cc(CCc3ccccc3)[nH]c(=O)c12.CC. The molecule has 1 fully saturated rings. The Hall–Kier alpha value is -3.38. The Labute approximate surface area is 196 Å². The molecular formula is C27H35N5O. The number of aromatic amines is 1. The second-order valence-corrected chi connectivity index (χ2v) is 7.67. The molecule has 0 saturated carbocycles. The van der Waals surface area contributed by atoms with Crippen LogP contribution >= 0.6 is 0 Å². The first-order valence-electron chi connectivity index (χ1n) is 11.8. The summed E-state index contributed by atoms with van der Waals surface area (Å²) in [6, 6.07) is 10.3. The maximum atomic E-state index is 13.2. The second kappa shape index (κ2) is 12.0. The zero-order valence-electron chi connectivity index (χ0n) is 20.0. The van der Waals surface area contributed by atoms with Crippen molar-refractivity contribution in [1.29, 1.82) is 0 Å². The fourth-order valence-corrected chi connectivity index (χ4v) is 3.99. The molecule has 0 bridgehead atoms. The summed E-state index contributed by atoms with van der Waals surface area (Å²) < 4.78 is 1.75. The summed E-state index contributed by atoms with van der Waals surface area (Å²) >= 11 is 0. The lowest BCUT2D eigenvalue weighted by molar-refractivity contribution is 0.583. The van der Waals surface area contributed by atoms with Gasteiger partial charge in [-0.25, -0.2) is 4.52 Å². The highest BCUT2D eigenvalue weighted by Crippen LogP contribution is 2.30. The van der Waals surface area contributed by atoms with Gasteiger partial charge in [0.25, 0.3) is 5.56 Å². The van der Waals surface area contributed by atoms with Gasteiger partial charge in [0.1, 0.15) is 5.52 Å². The fourth-order valence-electron chi connectivity index (χ4n) is 3.99. The minimum atomic E-state index is -0.123.